The van der Waals surface area contributed by atoms with Gasteiger partial charge in [-0.3, -0.25) is 9.59 Å². The summed E-state index contributed by atoms with van der Waals surface area (Å²) in [6, 6.07) is 0.228. The van der Waals surface area contributed by atoms with Crippen LogP contribution in [0.5, 0.6) is 0 Å². The van der Waals surface area contributed by atoms with Crippen LogP contribution in [-0.4, -0.2) is 24.2 Å². The molecule has 1 N–H and O–H groups in total. The molecular formula is C11H19NO2. The molecule has 0 amide bonds. The van der Waals surface area contributed by atoms with Crippen molar-refractivity contribution < 1.29 is 9.59 Å². The second-order valence-corrected chi connectivity index (χ2v) is 4.04. The third kappa shape index (κ3) is 4.01. The standard InChI is InChI=1S/C11H19NO2/c1-9(13)11(14)8-10-6-4-2-3-5-7-12-10/h10,12H,2-8H2,1H3. The lowest BCUT2D eigenvalue weighted by molar-refractivity contribution is -0.135. The largest absolute Gasteiger partial charge is 0.314 e. The van der Waals surface area contributed by atoms with E-state index in [4.69, 9.17) is 0 Å². The predicted molar refractivity (Wildman–Crippen MR) is 55.2 cm³/mol. The minimum absolute atomic E-state index is 0.228. The summed E-state index contributed by atoms with van der Waals surface area (Å²) < 4.78 is 0. The zero-order chi connectivity index (χ0) is 10.4. The van der Waals surface area contributed by atoms with Gasteiger partial charge in [-0.15, -0.1) is 0 Å². The van der Waals surface area contributed by atoms with E-state index < -0.39 is 0 Å². The fourth-order valence-electron chi connectivity index (χ4n) is 1.82. The SMILES string of the molecule is CC(=O)C(=O)CC1CCCCCCN1. The van der Waals surface area contributed by atoms with Gasteiger partial charge in [0.25, 0.3) is 0 Å². The predicted octanol–water partition coefficient (Wildman–Crippen LogP) is 1.46. The normalized spacial score (nSPS) is 23.6. The Morgan fingerprint density at radius 1 is 1.21 bits per heavy atom. The Bertz CT molecular complexity index is 205. The highest BCUT2D eigenvalue weighted by atomic mass is 16.2. The fraction of sp³-hybridized carbons (Fsp3) is 0.818. The Labute approximate surface area is 85.3 Å². The number of ketones is 2. The molecule has 0 aromatic rings. The van der Waals surface area contributed by atoms with E-state index >= 15 is 0 Å². The van der Waals surface area contributed by atoms with E-state index in [1.165, 1.54) is 32.6 Å². The fourth-order valence-corrected chi connectivity index (χ4v) is 1.82. The molecule has 3 heteroatoms. The van der Waals surface area contributed by atoms with E-state index in [1.807, 2.05) is 0 Å². The topological polar surface area (TPSA) is 46.2 Å². The Morgan fingerprint density at radius 3 is 2.64 bits per heavy atom. The Morgan fingerprint density at radius 2 is 1.93 bits per heavy atom. The van der Waals surface area contributed by atoms with E-state index in [2.05, 4.69) is 5.32 Å². The number of nitrogens with one attached hydrogen (secondary N) is 1. The number of hydrogen-bond donors (Lipinski definition) is 1. The summed E-state index contributed by atoms with van der Waals surface area (Å²) in [5, 5.41) is 3.33. The van der Waals surface area contributed by atoms with Gasteiger partial charge in [0, 0.05) is 19.4 Å². The van der Waals surface area contributed by atoms with Gasteiger partial charge in [-0.2, -0.15) is 0 Å². The number of carbonyl (C=O) groups excluding carboxylic acids is 2. The number of Topliss-reactive ketones (excluding diaryl/α,β-unsaturated/α-hetero) is 2. The first-order valence-corrected chi connectivity index (χ1v) is 5.47. The van der Waals surface area contributed by atoms with Gasteiger partial charge in [-0.25, -0.2) is 0 Å². The van der Waals surface area contributed by atoms with Crippen LogP contribution in [0, 0.1) is 0 Å². The molecule has 1 heterocycles. The van der Waals surface area contributed by atoms with Gasteiger partial charge in [0.15, 0.2) is 11.6 Å². The Balaban J connectivity index is 2.33. The molecule has 0 aliphatic carbocycles. The zero-order valence-corrected chi connectivity index (χ0v) is 8.84. The average molecular weight is 197 g/mol. The van der Waals surface area contributed by atoms with Crippen molar-refractivity contribution in [2.24, 2.45) is 0 Å². The first kappa shape index (κ1) is 11.4. The summed E-state index contributed by atoms with van der Waals surface area (Å²) in [6.45, 7) is 2.33. The maximum Gasteiger partial charge on any atom is 0.199 e. The van der Waals surface area contributed by atoms with Crippen molar-refractivity contribution >= 4 is 11.6 Å². The molecule has 1 aliphatic heterocycles. The number of carbonyl (C=O) groups is 2. The second-order valence-electron chi connectivity index (χ2n) is 4.04. The van der Waals surface area contributed by atoms with Crippen molar-refractivity contribution in [2.75, 3.05) is 6.54 Å². The maximum absolute atomic E-state index is 11.2. The minimum Gasteiger partial charge on any atom is -0.314 e. The van der Waals surface area contributed by atoms with E-state index in [0.717, 1.165) is 13.0 Å². The van der Waals surface area contributed by atoms with Gasteiger partial charge in [0.05, 0.1) is 0 Å². The summed E-state index contributed by atoms with van der Waals surface area (Å²) >= 11 is 0. The lowest BCUT2D eigenvalue weighted by atomic mass is 9.99. The molecule has 0 spiro atoms. The van der Waals surface area contributed by atoms with Gasteiger partial charge in [-0.1, -0.05) is 19.3 Å². The summed E-state index contributed by atoms with van der Waals surface area (Å²) in [4.78, 5) is 22.0. The Kier molecular flexibility index (Phi) is 4.80. The first-order valence-electron chi connectivity index (χ1n) is 5.47. The quantitative estimate of drug-likeness (QED) is 0.697. The van der Waals surface area contributed by atoms with Gasteiger partial charge < -0.3 is 5.32 Å². The maximum atomic E-state index is 11.2. The van der Waals surface area contributed by atoms with Crippen LogP contribution in [0.4, 0.5) is 0 Å². The average Bonchev–Trinajstić information content (AvgIpc) is 2.08. The second kappa shape index (κ2) is 5.91. The number of hydrogen-bond acceptors (Lipinski definition) is 3. The molecule has 3 nitrogen and oxygen atoms in total. The van der Waals surface area contributed by atoms with Gasteiger partial charge in [0.2, 0.25) is 0 Å². The monoisotopic (exact) mass is 197 g/mol. The van der Waals surface area contributed by atoms with Crippen molar-refractivity contribution in [3.05, 3.63) is 0 Å². The molecular weight excluding hydrogens is 178 g/mol. The van der Waals surface area contributed by atoms with Crippen LogP contribution in [0.3, 0.4) is 0 Å². The van der Waals surface area contributed by atoms with E-state index in [9.17, 15) is 9.59 Å². The highest BCUT2D eigenvalue weighted by Crippen LogP contribution is 2.11. The van der Waals surface area contributed by atoms with Crippen LogP contribution in [0.25, 0.3) is 0 Å². The summed E-state index contributed by atoms with van der Waals surface area (Å²) in [7, 11) is 0. The van der Waals surface area contributed by atoms with Gasteiger partial charge in [0.1, 0.15) is 0 Å². The van der Waals surface area contributed by atoms with Crippen LogP contribution < -0.4 is 5.32 Å². The summed E-state index contributed by atoms with van der Waals surface area (Å²) in [6.07, 6.45) is 6.30. The van der Waals surface area contributed by atoms with Crippen molar-refractivity contribution in [3.8, 4) is 0 Å². The molecule has 14 heavy (non-hydrogen) atoms. The minimum atomic E-state index is -0.311. The van der Waals surface area contributed by atoms with Crippen LogP contribution in [-0.2, 0) is 9.59 Å². The molecule has 80 valence electrons. The summed E-state index contributed by atoms with van der Waals surface area (Å²) in [5.74, 6) is -0.545. The van der Waals surface area contributed by atoms with Crippen molar-refractivity contribution in [1.29, 1.82) is 0 Å². The van der Waals surface area contributed by atoms with Gasteiger partial charge in [-0.05, 0) is 19.4 Å². The number of rotatable bonds is 3. The Hall–Kier alpha value is -0.700. The van der Waals surface area contributed by atoms with Crippen molar-refractivity contribution in [1.82, 2.24) is 5.32 Å². The van der Waals surface area contributed by atoms with Gasteiger partial charge >= 0.3 is 0 Å². The molecule has 1 atom stereocenters. The molecule has 0 aromatic heterocycles. The molecule has 1 fully saturated rings. The third-order valence-corrected chi connectivity index (χ3v) is 2.74. The first-order chi connectivity index (χ1) is 6.70. The molecule has 0 radical (unpaired) electrons. The molecule has 1 aliphatic rings. The molecule has 0 aromatic carbocycles. The van der Waals surface area contributed by atoms with Crippen LogP contribution in [0.1, 0.15) is 45.4 Å². The van der Waals surface area contributed by atoms with Crippen LogP contribution >= 0.6 is 0 Å². The van der Waals surface area contributed by atoms with Crippen LogP contribution in [0.15, 0.2) is 0 Å². The highest BCUT2D eigenvalue weighted by molar-refractivity contribution is 6.36. The highest BCUT2D eigenvalue weighted by Gasteiger charge is 2.16. The van der Waals surface area contributed by atoms with Crippen LogP contribution in [0.2, 0.25) is 0 Å². The van der Waals surface area contributed by atoms with Crippen molar-refractivity contribution in [2.45, 2.75) is 51.5 Å². The molecule has 1 rings (SSSR count). The smallest absolute Gasteiger partial charge is 0.199 e. The molecule has 0 bridgehead atoms. The molecule has 1 unspecified atom stereocenters. The van der Waals surface area contributed by atoms with E-state index in [0.29, 0.717) is 6.42 Å². The third-order valence-electron chi connectivity index (χ3n) is 2.74. The summed E-state index contributed by atoms with van der Waals surface area (Å²) in [5.41, 5.74) is 0. The van der Waals surface area contributed by atoms with E-state index in [-0.39, 0.29) is 17.6 Å². The molecule has 0 saturated carbocycles. The zero-order valence-electron chi connectivity index (χ0n) is 8.84. The lowest BCUT2D eigenvalue weighted by Crippen LogP contribution is -2.34. The molecule has 1 saturated heterocycles. The van der Waals surface area contributed by atoms with E-state index in [1.54, 1.807) is 0 Å². The van der Waals surface area contributed by atoms with Crippen molar-refractivity contribution in [3.63, 3.8) is 0 Å². The lowest BCUT2D eigenvalue weighted by Gasteiger charge is -2.20.